The van der Waals surface area contributed by atoms with Crippen molar-refractivity contribution in [3.63, 3.8) is 0 Å². The van der Waals surface area contributed by atoms with Crippen LogP contribution in [-0.2, 0) is 6.42 Å². The minimum absolute atomic E-state index is 0.0485. The van der Waals surface area contributed by atoms with Crippen LogP contribution in [0.3, 0.4) is 0 Å². The first-order valence-electron chi connectivity index (χ1n) is 6.93. The maximum atomic E-state index is 14.0. The molecule has 0 unspecified atom stereocenters. The first-order valence-corrected chi connectivity index (χ1v) is 7.31. The largest absolute Gasteiger partial charge is 0.308 e. The molecule has 4 heteroatoms. The average Bonchev–Trinajstić information content (AvgIpc) is 2.46. The molecule has 2 aromatic rings. The Morgan fingerprint density at radius 3 is 2.86 bits per heavy atom. The summed E-state index contributed by atoms with van der Waals surface area (Å²) in [6, 6.07) is 10.3. The number of aryl methyl sites for hydroxylation is 2. The molecule has 1 heterocycles. The van der Waals surface area contributed by atoms with Gasteiger partial charge in [0, 0.05) is 12.2 Å². The number of carbonyl (C=O) groups excluding carboxylic acids is 1. The van der Waals surface area contributed by atoms with Crippen LogP contribution in [0.15, 0.2) is 36.4 Å². The molecule has 1 aliphatic rings. The van der Waals surface area contributed by atoms with Crippen LogP contribution in [-0.4, -0.2) is 12.5 Å². The van der Waals surface area contributed by atoms with Crippen LogP contribution in [0.5, 0.6) is 0 Å². The molecular formula is C17H15ClFNO. The number of benzene rings is 2. The van der Waals surface area contributed by atoms with Crippen LogP contribution < -0.4 is 4.90 Å². The zero-order valence-electron chi connectivity index (χ0n) is 11.7. The van der Waals surface area contributed by atoms with Gasteiger partial charge in [-0.2, -0.15) is 0 Å². The topological polar surface area (TPSA) is 20.3 Å². The Morgan fingerprint density at radius 1 is 1.29 bits per heavy atom. The Hall–Kier alpha value is -1.87. The third-order valence-corrected chi connectivity index (χ3v) is 4.09. The fraction of sp³-hybridized carbons (Fsp3) is 0.235. The molecule has 0 fully saturated rings. The minimum atomic E-state index is -0.577. The van der Waals surface area contributed by atoms with Crippen molar-refractivity contribution in [2.45, 2.75) is 19.8 Å². The molecule has 0 saturated heterocycles. The van der Waals surface area contributed by atoms with E-state index in [1.165, 1.54) is 18.2 Å². The number of fused-ring (bicyclic) bond motifs is 1. The van der Waals surface area contributed by atoms with Gasteiger partial charge in [-0.15, -0.1) is 0 Å². The predicted octanol–water partition coefficient (Wildman–Crippen LogP) is 4.38. The molecule has 0 spiro atoms. The van der Waals surface area contributed by atoms with Crippen LogP contribution in [0.1, 0.15) is 27.9 Å². The third kappa shape index (κ3) is 2.54. The second kappa shape index (κ2) is 5.49. The number of nitrogens with zero attached hydrogens (tertiary/aromatic N) is 1. The van der Waals surface area contributed by atoms with Gasteiger partial charge in [-0.05, 0) is 43.5 Å². The number of amides is 1. The van der Waals surface area contributed by atoms with Gasteiger partial charge < -0.3 is 4.90 Å². The molecule has 2 nitrogen and oxygen atoms in total. The molecular weight excluding hydrogens is 289 g/mol. The molecule has 0 aliphatic carbocycles. The maximum Gasteiger partial charge on any atom is 0.262 e. The van der Waals surface area contributed by atoms with Crippen molar-refractivity contribution >= 4 is 23.2 Å². The molecule has 2 aromatic carbocycles. The Balaban J connectivity index is 2.05. The number of hydrogen-bond donors (Lipinski definition) is 0. The van der Waals surface area contributed by atoms with E-state index >= 15 is 0 Å². The quantitative estimate of drug-likeness (QED) is 0.765. The van der Waals surface area contributed by atoms with Crippen LogP contribution in [0, 0.1) is 12.7 Å². The zero-order chi connectivity index (χ0) is 15.0. The first kappa shape index (κ1) is 14.1. The van der Waals surface area contributed by atoms with Crippen molar-refractivity contribution in [2.24, 2.45) is 0 Å². The van der Waals surface area contributed by atoms with Crippen LogP contribution in [0.2, 0.25) is 5.02 Å². The fourth-order valence-electron chi connectivity index (χ4n) is 2.77. The van der Waals surface area contributed by atoms with Crippen molar-refractivity contribution in [1.82, 2.24) is 0 Å². The number of carbonyl (C=O) groups is 1. The molecule has 0 radical (unpaired) electrons. The summed E-state index contributed by atoms with van der Waals surface area (Å²) in [6.45, 7) is 2.61. The van der Waals surface area contributed by atoms with Gasteiger partial charge in [-0.1, -0.05) is 35.4 Å². The lowest BCUT2D eigenvalue weighted by atomic mass is 9.98. The Morgan fingerprint density at radius 2 is 2.10 bits per heavy atom. The van der Waals surface area contributed by atoms with Crippen LogP contribution in [0.25, 0.3) is 0 Å². The Labute approximate surface area is 128 Å². The molecule has 21 heavy (non-hydrogen) atoms. The highest BCUT2D eigenvalue weighted by Gasteiger charge is 2.27. The maximum absolute atomic E-state index is 14.0. The molecule has 0 N–H and O–H groups in total. The SMILES string of the molecule is Cc1ccc2c(c1)CCCN2C(=O)c1c(F)cccc1Cl. The summed E-state index contributed by atoms with van der Waals surface area (Å²) in [4.78, 5) is 14.3. The predicted molar refractivity (Wildman–Crippen MR) is 82.6 cm³/mol. The lowest BCUT2D eigenvalue weighted by Crippen LogP contribution is -2.36. The van der Waals surface area contributed by atoms with E-state index in [2.05, 4.69) is 6.07 Å². The zero-order valence-corrected chi connectivity index (χ0v) is 12.5. The number of anilines is 1. The fourth-order valence-corrected chi connectivity index (χ4v) is 3.02. The highest BCUT2D eigenvalue weighted by atomic mass is 35.5. The molecule has 0 atom stereocenters. The Kier molecular flexibility index (Phi) is 3.68. The summed E-state index contributed by atoms with van der Waals surface area (Å²) < 4.78 is 14.0. The van der Waals surface area contributed by atoms with Crippen molar-refractivity contribution in [2.75, 3.05) is 11.4 Å². The smallest absolute Gasteiger partial charge is 0.262 e. The second-order valence-electron chi connectivity index (χ2n) is 5.29. The highest BCUT2D eigenvalue weighted by Crippen LogP contribution is 2.31. The summed E-state index contributed by atoms with van der Waals surface area (Å²) >= 11 is 6.01. The summed E-state index contributed by atoms with van der Waals surface area (Å²) in [5.74, 6) is -0.949. The number of halogens is 2. The minimum Gasteiger partial charge on any atom is -0.308 e. The van der Waals surface area contributed by atoms with E-state index in [0.29, 0.717) is 6.54 Å². The summed E-state index contributed by atoms with van der Waals surface area (Å²) in [5.41, 5.74) is 3.10. The summed E-state index contributed by atoms with van der Waals surface area (Å²) in [6.07, 6.45) is 1.81. The molecule has 3 rings (SSSR count). The van der Waals surface area contributed by atoms with E-state index in [1.807, 2.05) is 19.1 Å². The second-order valence-corrected chi connectivity index (χ2v) is 5.70. The Bertz CT molecular complexity index is 694. The van der Waals surface area contributed by atoms with Crippen molar-refractivity contribution < 1.29 is 9.18 Å². The lowest BCUT2D eigenvalue weighted by molar-refractivity contribution is 0.0981. The van der Waals surface area contributed by atoms with Gasteiger partial charge in [0.15, 0.2) is 0 Å². The van der Waals surface area contributed by atoms with E-state index in [4.69, 9.17) is 11.6 Å². The van der Waals surface area contributed by atoms with Gasteiger partial charge in [-0.3, -0.25) is 4.79 Å². The van der Waals surface area contributed by atoms with Crippen molar-refractivity contribution in [3.05, 3.63) is 63.9 Å². The van der Waals surface area contributed by atoms with Gasteiger partial charge >= 0.3 is 0 Å². The van der Waals surface area contributed by atoms with Gasteiger partial charge in [0.05, 0.1) is 10.6 Å². The van der Waals surface area contributed by atoms with E-state index < -0.39 is 5.82 Å². The first-order chi connectivity index (χ1) is 10.1. The van der Waals surface area contributed by atoms with Crippen LogP contribution in [0.4, 0.5) is 10.1 Å². The number of rotatable bonds is 1. The summed E-state index contributed by atoms with van der Waals surface area (Å²) in [7, 11) is 0. The van der Waals surface area contributed by atoms with E-state index in [9.17, 15) is 9.18 Å². The third-order valence-electron chi connectivity index (χ3n) is 3.78. The van der Waals surface area contributed by atoms with E-state index in [0.717, 1.165) is 29.7 Å². The van der Waals surface area contributed by atoms with E-state index in [-0.39, 0.29) is 16.5 Å². The standard InChI is InChI=1S/C17H15ClFNO/c1-11-7-8-15-12(10-11)4-3-9-20(15)17(21)16-13(18)5-2-6-14(16)19/h2,5-8,10H,3-4,9H2,1H3. The average molecular weight is 304 g/mol. The molecule has 1 aliphatic heterocycles. The molecule has 0 bridgehead atoms. The van der Waals surface area contributed by atoms with E-state index in [1.54, 1.807) is 4.90 Å². The van der Waals surface area contributed by atoms with Gasteiger partial charge in [0.2, 0.25) is 0 Å². The normalized spacial score (nSPS) is 14.0. The monoisotopic (exact) mass is 303 g/mol. The number of hydrogen-bond acceptors (Lipinski definition) is 1. The van der Waals surface area contributed by atoms with Gasteiger partial charge in [0.1, 0.15) is 5.82 Å². The van der Waals surface area contributed by atoms with Gasteiger partial charge in [-0.25, -0.2) is 4.39 Å². The highest BCUT2D eigenvalue weighted by molar-refractivity contribution is 6.34. The van der Waals surface area contributed by atoms with Crippen molar-refractivity contribution in [1.29, 1.82) is 0 Å². The summed E-state index contributed by atoms with van der Waals surface area (Å²) in [5, 5.41) is 0.152. The molecule has 108 valence electrons. The molecule has 0 aromatic heterocycles. The lowest BCUT2D eigenvalue weighted by Gasteiger charge is -2.30. The van der Waals surface area contributed by atoms with Gasteiger partial charge in [0.25, 0.3) is 5.91 Å². The molecule has 1 amide bonds. The van der Waals surface area contributed by atoms with Crippen molar-refractivity contribution in [3.8, 4) is 0 Å². The van der Waals surface area contributed by atoms with Crippen LogP contribution >= 0.6 is 11.6 Å². The molecule has 0 saturated carbocycles.